The maximum atomic E-state index is 13.0. The number of carbonyl (C=O) groups excluding carboxylic acids is 2. The highest BCUT2D eigenvalue weighted by atomic mass is 32.1. The van der Waals surface area contributed by atoms with Gasteiger partial charge in [0.05, 0.1) is 10.8 Å². The first kappa shape index (κ1) is 17.1. The van der Waals surface area contributed by atoms with E-state index in [1.165, 1.54) is 17.1 Å². The predicted octanol–water partition coefficient (Wildman–Crippen LogP) is 2.64. The number of piperidine rings is 1. The minimum Gasteiger partial charge on any atom is -0.353 e. The Bertz CT molecular complexity index is 813. The Morgan fingerprint density at radius 3 is 2.69 bits per heavy atom. The van der Waals surface area contributed by atoms with Gasteiger partial charge in [0.25, 0.3) is 5.91 Å². The summed E-state index contributed by atoms with van der Waals surface area (Å²) in [5.74, 6) is -0.166. The van der Waals surface area contributed by atoms with E-state index in [0.717, 1.165) is 36.1 Å². The summed E-state index contributed by atoms with van der Waals surface area (Å²) in [5, 5.41) is 7.15. The molecule has 1 aromatic heterocycles. The summed E-state index contributed by atoms with van der Waals surface area (Å²) < 4.78 is 4.00. The van der Waals surface area contributed by atoms with E-state index >= 15 is 0 Å². The molecule has 1 saturated carbocycles. The van der Waals surface area contributed by atoms with Crippen LogP contribution in [0.15, 0.2) is 24.3 Å². The zero-order valence-corrected chi connectivity index (χ0v) is 15.6. The van der Waals surface area contributed by atoms with Crippen LogP contribution in [0.1, 0.15) is 41.7 Å². The number of hydrogen-bond acceptors (Lipinski definition) is 5. The van der Waals surface area contributed by atoms with Crippen LogP contribution in [0.2, 0.25) is 0 Å². The Hall–Kier alpha value is -2.28. The van der Waals surface area contributed by atoms with Gasteiger partial charge in [-0.2, -0.15) is 0 Å². The van der Waals surface area contributed by atoms with Crippen molar-refractivity contribution in [2.24, 2.45) is 5.92 Å². The molecule has 1 aliphatic carbocycles. The highest BCUT2D eigenvalue weighted by molar-refractivity contribution is 7.09. The summed E-state index contributed by atoms with van der Waals surface area (Å²) in [6, 6.07) is 8.36. The highest BCUT2D eigenvalue weighted by Gasteiger charge is 2.33. The molecule has 26 heavy (non-hydrogen) atoms. The Morgan fingerprint density at radius 2 is 1.96 bits per heavy atom. The van der Waals surface area contributed by atoms with Crippen molar-refractivity contribution in [3.05, 3.63) is 35.5 Å². The molecule has 2 amide bonds. The lowest BCUT2D eigenvalue weighted by Crippen LogP contribution is -2.46. The summed E-state index contributed by atoms with van der Waals surface area (Å²) >= 11 is 1.24. The van der Waals surface area contributed by atoms with Gasteiger partial charge in [-0.3, -0.25) is 9.59 Å². The van der Waals surface area contributed by atoms with Gasteiger partial charge in [-0.1, -0.05) is 34.3 Å². The molecule has 1 aliphatic heterocycles. The summed E-state index contributed by atoms with van der Waals surface area (Å²) in [6.45, 7) is 3.15. The van der Waals surface area contributed by atoms with Crippen LogP contribution in [0.3, 0.4) is 0 Å². The van der Waals surface area contributed by atoms with Gasteiger partial charge in [-0.15, -0.1) is 5.10 Å². The van der Waals surface area contributed by atoms with Gasteiger partial charge in [0.2, 0.25) is 5.91 Å². The largest absolute Gasteiger partial charge is 0.353 e. The molecule has 2 fully saturated rings. The van der Waals surface area contributed by atoms with Gasteiger partial charge in [-0.05, 0) is 49.7 Å². The second-order valence-electron chi connectivity index (χ2n) is 7.19. The fourth-order valence-electron chi connectivity index (χ4n) is 3.30. The van der Waals surface area contributed by atoms with Crippen LogP contribution in [0.4, 0.5) is 0 Å². The molecule has 6 nitrogen and oxygen atoms in total. The number of benzene rings is 1. The van der Waals surface area contributed by atoms with E-state index in [-0.39, 0.29) is 17.7 Å². The number of nitrogens with one attached hydrogen (secondary N) is 1. The van der Waals surface area contributed by atoms with Crippen LogP contribution < -0.4 is 5.32 Å². The van der Waals surface area contributed by atoms with Crippen molar-refractivity contribution in [1.29, 1.82) is 0 Å². The SMILES string of the molecule is Cc1ccc(-c2snnc2C(=O)N2CCC[C@H](C(=O)NC3CC3)C2)cc1. The summed E-state index contributed by atoms with van der Waals surface area (Å²) in [5.41, 5.74) is 2.51. The number of hydrogen-bond donors (Lipinski definition) is 1. The third-order valence-corrected chi connectivity index (χ3v) is 5.78. The van der Waals surface area contributed by atoms with Gasteiger partial charge < -0.3 is 10.2 Å². The molecule has 0 unspecified atom stereocenters. The van der Waals surface area contributed by atoms with Crippen LogP contribution in [-0.2, 0) is 4.79 Å². The first-order chi connectivity index (χ1) is 12.6. The van der Waals surface area contributed by atoms with Crippen molar-refractivity contribution >= 4 is 23.3 Å². The molecular formula is C19H22N4O2S. The van der Waals surface area contributed by atoms with E-state index in [0.29, 0.717) is 24.8 Å². The van der Waals surface area contributed by atoms with Crippen LogP contribution in [0.25, 0.3) is 10.4 Å². The van der Waals surface area contributed by atoms with Gasteiger partial charge in [0.1, 0.15) is 0 Å². The number of carbonyl (C=O) groups is 2. The van der Waals surface area contributed by atoms with E-state index in [9.17, 15) is 9.59 Å². The van der Waals surface area contributed by atoms with Crippen molar-refractivity contribution in [2.45, 2.75) is 38.6 Å². The molecule has 1 N–H and O–H groups in total. The molecule has 1 aromatic carbocycles. The van der Waals surface area contributed by atoms with Crippen molar-refractivity contribution in [3.63, 3.8) is 0 Å². The van der Waals surface area contributed by atoms with Crippen molar-refractivity contribution in [3.8, 4) is 10.4 Å². The molecule has 1 saturated heterocycles. The number of aromatic nitrogens is 2. The molecule has 0 radical (unpaired) electrons. The molecule has 0 bridgehead atoms. The summed E-state index contributed by atoms with van der Waals surface area (Å²) in [6.07, 6.45) is 3.82. The molecule has 2 heterocycles. The van der Waals surface area contributed by atoms with Crippen molar-refractivity contribution in [1.82, 2.24) is 19.8 Å². The Balaban J connectivity index is 1.49. The highest BCUT2D eigenvalue weighted by Crippen LogP contribution is 2.29. The number of likely N-dealkylation sites (tertiary alicyclic amines) is 1. The quantitative estimate of drug-likeness (QED) is 0.898. The van der Waals surface area contributed by atoms with Gasteiger partial charge in [0.15, 0.2) is 5.69 Å². The van der Waals surface area contributed by atoms with Gasteiger partial charge >= 0.3 is 0 Å². The average molecular weight is 370 g/mol. The normalized spacial score (nSPS) is 20.0. The van der Waals surface area contributed by atoms with Gasteiger partial charge in [0, 0.05) is 19.1 Å². The molecule has 7 heteroatoms. The lowest BCUT2D eigenvalue weighted by atomic mass is 9.96. The lowest BCUT2D eigenvalue weighted by molar-refractivity contribution is -0.126. The maximum absolute atomic E-state index is 13.0. The standard InChI is InChI=1S/C19H22N4O2S/c1-12-4-6-13(7-5-12)17-16(21-22-26-17)19(25)23-10-2-3-14(11-23)18(24)20-15-8-9-15/h4-7,14-15H,2-3,8-11H2,1H3,(H,20,24)/t14-/m0/s1. The van der Waals surface area contributed by atoms with E-state index < -0.39 is 0 Å². The second kappa shape index (κ2) is 7.15. The smallest absolute Gasteiger partial charge is 0.275 e. The molecular weight excluding hydrogens is 348 g/mol. The Kier molecular flexibility index (Phi) is 4.72. The van der Waals surface area contributed by atoms with Crippen LogP contribution in [0.5, 0.6) is 0 Å². The maximum Gasteiger partial charge on any atom is 0.275 e. The van der Waals surface area contributed by atoms with E-state index in [1.807, 2.05) is 31.2 Å². The first-order valence-electron chi connectivity index (χ1n) is 9.11. The van der Waals surface area contributed by atoms with E-state index in [4.69, 9.17) is 0 Å². The fraction of sp³-hybridized carbons (Fsp3) is 0.474. The Labute approximate surface area is 156 Å². The topological polar surface area (TPSA) is 75.2 Å². The molecule has 1 atom stereocenters. The van der Waals surface area contributed by atoms with E-state index in [1.54, 1.807) is 4.90 Å². The zero-order chi connectivity index (χ0) is 18.1. The molecule has 2 aliphatic rings. The van der Waals surface area contributed by atoms with Crippen LogP contribution >= 0.6 is 11.5 Å². The molecule has 4 rings (SSSR count). The zero-order valence-electron chi connectivity index (χ0n) is 14.8. The first-order valence-corrected chi connectivity index (χ1v) is 9.88. The van der Waals surface area contributed by atoms with Crippen molar-refractivity contribution < 1.29 is 9.59 Å². The summed E-state index contributed by atoms with van der Waals surface area (Å²) in [7, 11) is 0. The molecule has 136 valence electrons. The predicted molar refractivity (Wildman–Crippen MR) is 99.9 cm³/mol. The third-order valence-electron chi connectivity index (χ3n) is 5.01. The third kappa shape index (κ3) is 3.62. The minimum atomic E-state index is -0.127. The number of aryl methyl sites for hydroxylation is 1. The fourth-order valence-corrected chi connectivity index (χ4v) is 3.96. The van der Waals surface area contributed by atoms with Crippen LogP contribution in [0, 0.1) is 12.8 Å². The summed E-state index contributed by atoms with van der Waals surface area (Å²) in [4.78, 5) is 27.9. The average Bonchev–Trinajstić information content (AvgIpc) is 3.34. The van der Waals surface area contributed by atoms with Gasteiger partial charge in [-0.25, -0.2) is 0 Å². The number of nitrogens with zero attached hydrogens (tertiary/aromatic N) is 3. The van der Waals surface area contributed by atoms with Crippen molar-refractivity contribution in [2.75, 3.05) is 13.1 Å². The minimum absolute atomic E-state index is 0.0835. The Morgan fingerprint density at radius 1 is 1.19 bits per heavy atom. The molecule has 2 aromatic rings. The number of amides is 2. The van der Waals surface area contributed by atoms with E-state index in [2.05, 4.69) is 14.9 Å². The monoisotopic (exact) mass is 370 g/mol. The molecule has 0 spiro atoms. The lowest BCUT2D eigenvalue weighted by Gasteiger charge is -2.31. The number of rotatable bonds is 4. The second-order valence-corrected chi connectivity index (χ2v) is 7.94. The van der Waals surface area contributed by atoms with Crippen LogP contribution in [-0.4, -0.2) is 45.4 Å².